The van der Waals surface area contributed by atoms with E-state index in [1.807, 2.05) is 32.6 Å². The van der Waals surface area contributed by atoms with Crippen molar-refractivity contribution in [1.82, 2.24) is 9.62 Å². The summed E-state index contributed by atoms with van der Waals surface area (Å²) in [6.07, 6.45) is 3.33. The molecule has 1 aliphatic heterocycles. The summed E-state index contributed by atoms with van der Waals surface area (Å²) in [7, 11) is -3.43. The second-order valence-corrected chi connectivity index (χ2v) is 9.27. The van der Waals surface area contributed by atoms with Gasteiger partial charge in [-0.25, -0.2) is 13.4 Å². The summed E-state index contributed by atoms with van der Waals surface area (Å²) in [6.45, 7) is 9.76. The number of amides is 1. The van der Waals surface area contributed by atoms with Crippen LogP contribution in [0.1, 0.15) is 40.5 Å². The highest BCUT2D eigenvalue weighted by atomic mass is 32.2. The lowest BCUT2D eigenvalue weighted by Crippen LogP contribution is -2.46. The zero-order valence-corrected chi connectivity index (χ0v) is 16.3. The first-order chi connectivity index (χ1) is 11.6. The third kappa shape index (κ3) is 5.15. The maximum absolute atomic E-state index is 12.5. The molecule has 0 aliphatic carbocycles. The number of pyridine rings is 1. The van der Waals surface area contributed by atoms with E-state index in [0.29, 0.717) is 25.5 Å². The molecule has 1 saturated heterocycles. The van der Waals surface area contributed by atoms with E-state index < -0.39 is 10.0 Å². The molecule has 1 amide bonds. The summed E-state index contributed by atoms with van der Waals surface area (Å²) in [6, 6.07) is 3.32. The Morgan fingerprint density at radius 1 is 1.28 bits per heavy atom. The lowest BCUT2D eigenvalue weighted by atomic mass is 10.1. The van der Waals surface area contributed by atoms with E-state index in [0.717, 1.165) is 12.8 Å². The van der Waals surface area contributed by atoms with Crippen LogP contribution >= 0.6 is 0 Å². The zero-order valence-electron chi connectivity index (χ0n) is 15.5. The van der Waals surface area contributed by atoms with E-state index in [4.69, 9.17) is 0 Å². The fourth-order valence-electron chi connectivity index (χ4n) is 2.84. The van der Waals surface area contributed by atoms with Crippen LogP contribution in [0.15, 0.2) is 23.2 Å². The number of carbonyl (C=O) groups excluding carboxylic acids is 1. The van der Waals surface area contributed by atoms with Crippen LogP contribution in [0.2, 0.25) is 0 Å². The molecule has 1 aliphatic rings. The smallest absolute Gasteiger partial charge is 0.274 e. The van der Waals surface area contributed by atoms with E-state index in [-0.39, 0.29) is 22.9 Å². The minimum atomic E-state index is -3.43. The lowest BCUT2D eigenvalue weighted by molar-refractivity contribution is -0.367. The van der Waals surface area contributed by atoms with Crippen LogP contribution in [0.25, 0.3) is 0 Å². The van der Waals surface area contributed by atoms with Crippen molar-refractivity contribution in [1.29, 1.82) is 0 Å². The highest BCUT2D eigenvalue weighted by Crippen LogP contribution is 2.20. The quantitative estimate of drug-likeness (QED) is 0.812. The van der Waals surface area contributed by atoms with Crippen molar-refractivity contribution >= 4 is 21.7 Å². The van der Waals surface area contributed by atoms with Crippen LogP contribution in [0.5, 0.6) is 0 Å². The molecule has 1 aromatic heterocycles. The van der Waals surface area contributed by atoms with Crippen molar-refractivity contribution in [2.45, 2.75) is 51.0 Å². The van der Waals surface area contributed by atoms with Gasteiger partial charge in [-0.1, -0.05) is 0 Å². The summed E-state index contributed by atoms with van der Waals surface area (Å²) < 4.78 is 26.6. The minimum Gasteiger partial charge on any atom is -0.348 e. The number of hydrogen-bond acceptors (Lipinski definition) is 4. The van der Waals surface area contributed by atoms with Gasteiger partial charge >= 0.3 is 0 Å². The van der Waals surface area contributed by atoms with E-state index in [1.165, 1.54) is 10.5 Å². The third-order valence-electron chi connectivity index (χ3n) is 4.04. The number of nitrogens with zero attached hydrogens (tertiary/aromatic N) is 2. The maximum Gasteiger partial charge on any atom is 0.274 e. The molecule has 0 radical (unpaired) electrons. The van der Waals surface area contributed by atoms with Gasteiger partial charge in [-0.15, -0.1) is 0 Å². The fraction of sp³-hybridized carbons (Fsp3) is 0.647. The van der Waals surface area contributed by atoms with Crippen molar-refractivity contribution in [3.63, 3.8) is 0 Å². The van der Waals surface area contributed by atoms with Crippen LogP contribution in [0, 0.1) is 0 Å². The van der Waals surface area contributed by atoms with Crippen LogP contribution in [-0.2, 0) is 14.8 Å². The van der Waals surface area contributed by atoms with Crippen molar-refractivity contribution in [3.8, 4) is 0 Å². The Bertz CT molecular complexity index is 690. The second-order valence-electron chi connectivity index (χ2n) is 7.33. The Kier molecular flexibility index (Phi) is 6.05. The fourth-order valence-corrected chi connectivity index (χ4v) is 4.32. The molecule has 0 spiro atoms. The largest absolute Gasteiger partial charge is 0.348 e. The summed E-state index contributed by atoms with van der Waals surface area (Å²) in [5, 5.41) is 2.93. The molecule has 0 saturated carbocycles. The topological polar surface area (TPSA) is 83.9 Å². The van der Waals surface area contributed by atoms with Crippen LogP contribution in [-0.4, -0.2) is 50.3 Å². The molecule has 1 fully saturated rings. The Morgan fingerprint density at radius 3 is 2.40 bits per heavy atom. The van der Waals surface area contributed by atoms with E-state index in [1.54, 1.807) is 12.1 Å². The highest BCUT2D eigenvalue weighted by molar-refractivity contribution is 7.89. The molecule has 25 heavy (non-hydrogen) atoms. The first-order valence-electron chi connectivity index (χ1n) is 8.71. The minimum absolute atomic E-state index is 0.0727. The van der Waals surface area contributed by atoms with Crippen molar-refractivity contribution in [3.05, 3.63) is 18.3 Å². The summed E-state index contributed by atoms with van der Waals surface area (Å²) in [5.41, 5.74) is -0.284. The molecule has 140 valence electrons. The number of carbonyl (C=O) groups is 1. The molecule has 0 bridgehead atoms. The Hall–Kier alpha value is -1.67. The predicted molar refractivity (Wildman–Crippen MR) is 96.8 cm³/mol. The number of sulfonamides is 1. The molecule has 2 rings (SSSR count). The van der Waals surface area contributed by atoms with Gasteiger partial charge < -0.3 is 5.32 Å². The van der Waals surface area contributed by atoms with Gasteiger partial charge in [0.2, 0.25) is 10.0 Å². The van der Waals surface area contributed by atoms with Crippen molar-refractivity contribution in [2.24, 2.45) is 0 Å². The number of hydrogen-bond donors (Lipinski definition) is 1. The number of rotatable bonds is 6. The molecule has 2 heterocycles. The molecule has 7 nitrogen and oxygen atoms in total. The van der Waals surface area contributed by atoms with Crippen LogP contribution in [0.3, 0.4) is 0 Å². The zero-order chi connectivity index (χ0) is 18.7. The molecule has 0 atom stereocenters. The van der Waals surface area contributed by atoms with Crippen molar-refractivity contribution < 1.29 is 18.2 Å². The molecule has 2 N–H and O–H groups in total. The molecule has 8 heteroatoms. The number of likely N-dealkylation sites (N-methyl/N-ethyl adjacent to an activating group) is 1. The van der Waals surface area contributed by atoms with Gasteiger partial charge in [0.1, 0.15) is 11.1 Å². The van der Waals surface area contributed by atoms with Gasteiger partial charge in [0.15, 0.2) is 6.54 Å². The SMILES string of the molecule is CCN(CC(=O)NC(C)(C)C)c1ccc(S(=O)(=O)N2CCCC2)c[nH+]1. The normalized spacial score (nSPS) is 16.0. The first-order valence-corrected chi connectivity index (χ1v) is 10.2. The number of aromatic amines is 1. The summed E-state index contributed by atoms with van der Waals surface area (Å²) >= 11 is 0. The number of nitrogens with one attached hydrogen (secondary N) is 2. The summed E-state index contributed by atoms with van der Waals surface area (Å²) in [4.78, 5) is 17.3. The maximum atomic E-state index is 12.5. The second kappa shape index (κ2) is 7.70. The summed E-state index contributed by atoms with van der Waals surface area (Å²) in [5.74, 6) is 0.642. The molecule has 1 aromatic rings. The van der Waals surface area contributed by atoms with Crippen molar-refractivity contribution in [2.75, 3.05) is 31.1 Å². The van der Waals surface area contributed by atoms with E-state index in [9.17, 15) is 13.2 Å². The Balaban J connectivity index is 2.10. The van der Waals surface area contributed by atoms with Crippen LogP contribution in [0.4, 0.5) is 5.82 Å². The van der Waals surface area contributed by atoms with Gasteiger partial charge in [0.05, 0.1) is 6.54 Å². The molecular weight excluding hydrogens is 340 g/mol. The number of H-pyrrole nitrogens is 1. The van der Waals surface area contributed by atoms with Gasteiger partial charge in [0, 0.05) is 24.7 Å². The van der Waals surface area contributed by atoms with E-state index in [2.05, 4.69) is 10.3 Å². The predicted octanol–water partition coefficient (Wildman–Crippen LogP) is 1.03. The molecule has 0 unspecified atom stereocenters. The Labute approximate surface area is 150 Å². The lowest BCUT2D eigenvalue weighted by Gasteiger charge is -2.22. The monoisotopic (exact) mass is 369 g/mol. The standard InChI is InChI=1S/C17H28N4O3S/c1-5-20(13-16(22)19-17(2,3)4)15-9-8-14(12-18-15)25(23,24)21-10-6-7-11-21/h8-9,12H,5-7,10-11,13H2,1-4H3,(H,19,22)/p+1. The van der Waals surface area contributed by atoms with Crippen LogP contribution < -0.4 is 15.2 Å². The average Bonchev–Trinajstić information content (AvgIpc) is 3.06. The van der Waals surface area contributed by atoms with Gasteiger partial charge in [-0.05, 0) is 46.6 Å². The highest BCUT2D eigenvalue weighted by Gasteiger charge is 2.29. The Morgan fingerprint density at radius 2 is 1.92 bits per heavy atom. The van der Waals surface area contributed by atoms with Gasteiger partial charge in [-0.3, -0.25) is 9.69 Å². The third-order valence-corrected chi connectivity index (χ3v) is 5.94. The number of anilines is 1. The molecular formula is C17H29N4O3S+. The van der Waals surface area contributed by atoms with E-state index >= 15 is 0 Å². The van der Waals surface area contributed by atoms with Gasteiger partial charge in [0.25, 0.3) is 11.7 Å². The molecule has 0 aromatic carbocycles. The first kappa shape index (κ1) is 19.7. The average molecular weight is 370 g/mol. The van der Waals surface area contributed by atoms with Gasteiger partial charge in [-0.2, -0.15) is 4.31 Å². The number of aromatic nitrogens is 1.